The lowest BCUT2D eigenvalue weighted by Gasteiger charge is -2.18. The first-order chi connectivity index (χ1) is 9.88. The zero-order chi connectivity index (χ0) is 15.6. The Morgan fingerprint density at radius 3 is 2.52 bits per heavy atom. The largest absolute Gasteiger partial charge is 0.398 e. The lowest BCUT2D eigenvalue weighted by Crippen LogP contribution is -2.26. The fourth-order valence-electron chi connectivity index (χ4n) is 1.97. The summed E-state index contributed by atoms with van der Waals surface area (Å²) in [5.41, 5.74) is 8.81. The lowest BCUT2D eigenvalue weighted by atomic mass is 10.1. The summed E-state index contributed by atoms with van der Waals surface area (Å²) in [6.07, 6.45) is 0. The van der Waals surface area contributed by atoms with E-state index in [1.165, 1.54) is 0 Å². The number of hydrogen-bond donors (Lipinski definition) is 1. The molecule has 0 unspecified atom stereocenters. The second-order valence-electron chi connectivity index (χ2n) is 4.97. The number of aryl methyl sites for hydroxylation is 1. The number of nitrogen functional groups attached to an aromatic ring is 1. The van der Waals surface area contributed by atoms with Gasteiger partial charge in [0.2, 0.25) is 0 Å². The van der Waals surface area contributed by atoms with Crippen molar-refractivity contribution < 1.29 is 4.79 Å². The highest BCUT2D eigenvalue weighted by Gasteiger charge is 2.14. The van der Waals surface area contributed by atoms with Crippen LogP contribution in [0.4, 0.5) is 5.69 Å². The van der Waals surface area contributed by atoms with Crippen LogP contribution in [0.5, 0.6) is 0 Å². The molecule has 2 aromatic carbocycles. The maximum Gasteiger partial charge on any atom is 0.253 e. The van der Waals surface area contributed by atoms with Crippen molar-refractivity contribution in [2.24, 2.45) is 0 Å². The van der Waals surface area contributed by atoms with Crippen molar-refractivity contribution in [3.8, 4) is 0 Å². The first-order valence-electron chi connectivity index (χ1n) is 6.44. The fourth-order valence-corrected chi connectivity index (χ4v) is 2.44. The summed E-state index contributed by atoms with van der Waals surface area (Å²) in [5, 5.41) is 1.12. The Bertz CT molecular complexity index is 686. The summed E-state index contributed by atoms with van der Waals surface area (Å²) in [7, 11) is 1.73. The SMILES string of the molecule is Cc1ccc(C(=O)N(C)Cc2ccc(Cl)cc2Cl)cc1N. The van der Waals surface area contributed by atoms with Gasteiger partial charge in [-0.25, -0.2) is 0 Å². The Balaban J connectivity index is 2.17. The van der Waals surface area contributed by atoms with Gasteiger partial charge in [-0.15, -0.1) is 0 Å². The Hall–Kier alpha value is -1.71. The third kappa shape index (κ3) is 3.69. The fraction of sp³-hybridized carbons (Fsp3) is 0.188. The van der Waals surface area contributed by atoms with E-state index in [4.69, 9.17) is 28.9 Å². The Morgan fingerprint density at radius 2 is 1.90 bits per heavy atom. The van der Waals surface area contributed by atoms with Crippen LogP contribution in [0, 0.1) is 6.92 Å². The molecular formula is C16H16Cl2N2O. The molecule has 5 heteroatoms. The molecule has 0 aliphatic carbocycles. The second kappa shape index (κ2) is 6.37. The van der Waals surface area contributed by atoms with Crippen molar-refractivity contribution >= 4 is 34.8 Å². The summed E-state index contributed by atoms with van der Waals surface area (Å²) < 4.78 is 0. The quantitative estimate of drug-likeness (QED) is 0.862. The van der Waals surface area contributed by atoms with Gasteiger partial charge in [0.1, 0.15) is 0 Å². The summed E-state index contributed by atoms with van der Waals surface area (Å²) in [4.78, 5) is 14.0. The second-order valence-corrected chi connectivity index (χ2v) is 5.81. The van der Waals surface area contributed by atoms with E-state index in [1.54, 1.807) is 36.2 Å². The van der Waals surface area contributed by atoms with Crippen LogP contribution < -0.4 is 5.73 Å². The predicted molar refractivity (Wildman–Crippen MR) is 87.9 cm³/mol. The standard InChI is InChI=1S/C16H16Cl2N2O/c1-10-3-4-11(7-15(10)19)16(21)20(2)9-12-5-6-13(17)8-14(12)18/h3-8H,9,19H2,1-2H3. The highest BCUT2D eigenvalue weighted by atomic mass is 35.5. The number of anilines is 1. The molecular weight excluding hydrogens is 307 g/mol. The van der Waals surface area contributed by atoms with Crippen LogP contribution in [0.1, 0.15) is 21.5 Å². The molecule has 0 heterocycles. The van der Waals surface area contributed by atoms with Crippen LogP contribution in [-0.4, -0.2) is 17.9 Å². The first-order valence-corrected chi connectivity index (χ1v) is 7.19. The molecule has 0 saturated heterocycles. The normalized spacial score (nSPS) is 10.5. The number of rotatable bonds is 3. The zero-order valence-electron chi connectivity index (χ0n) is 11.9. The predicted octanol–water partition coefficient (Wildman–Crippen LogP) is 4.16. The maximum absolute atomic E-state index is 12.4. The minimum absolute atomic E-state index is 0.104. The van der Waals surface area contributed by atoms with Gasteiger partial charge >= 0.3 is 0 Å². The van der Waals surface area contributed by atoms with E-state index in [9.17, 15) is 4.79 Å². The van der Waals surface area contributed by atoms with Gasteiger partial charge < -0.3 is 10.6 Å². The van der Waals surface area contributed by atoms with Crippen molar-refractivity contribution in [3.05, 3.63) is 63.1 Å². The minimum atomic E-state index is -0.104. The average Bonchev–Trinajstić information content (AvgIpc) is 2.44. The highest BCUT2D eigenvalue weighted by molar-refractivity contribution is 6.35. The molecule has 0 atom stereocenters. The molecule has 21 heavy (non-hydrogen) atoms. The number of benzene rings is 2. The van der Waals surface area contributed by atoms with Gasteiger partial charge in [-0.05, 0) is 42.3 Å². The molecule has 0 radical (unpaired) electrons. The Morgan fingerprint density at radius 1 is 1.19 bits per heavy atom. The lowest BCUT2D eigenvalue weighted by molar-refractivity contribution is 0.0785. The molecule has 0 spiro atoms. The molecule has 0 aromatic heterocycles. The van der Waals surface area contributed by atoms with Gasteiger partial charge in [0.25, 0.3) is 5.91 Å². The van der Waals surface area contributed by atoms with Crippen LogP contribution in [0.15, 0.2) is 36.4 Å². The van der Waals surface area contributed by atoms with Crippen molar-refractivity contribution in [1.82, 2.24) is 4.90 Å². The molecule has 2 aromatic rings. The van der Waals surface area contributed by atoms with E-state index in [2.05, 4.69) is 0 Å². The van der Waals surface area contributed by atoms with Gasteiger partial charge in [-0.2, -0.15) is 0 Å². The monoisotopic (exact) mass is 322 g/mol. The molecule has 2 N–H and O–H groups in total. The van der Waals surface area contributed by atoms with Crippen molar-refractivity contribution in [2.45, 2.75) is 13.5 Å². The van der Waals surface area contributed by atoms with Crippen molar-refractivity contribution in [2.75, 3.05) is 12.8 Å². The molecule has 0 aliphatic heterocycles. The van der Waals surface area contributed by atoms with Crippen molar-refractivity contribution in [3.63, 3.8) is 0 Å². The third-order valence-electron chi connectivity index (χ3n) is 3.30. The average molecular weight is 323 g/mol. The van der Waals surface area contributed by atoms with E-state index in [0.29, 0.717) is 27.8 Å². The number of carbonyl (C=O) groups excluding carboxylic acids is 1. The van der Waals surface area contributed by atoms with Gasteiger partial charge in [0, 0.05) is 34.9 Å². The number of amides is 1. The molecule has 0 fully saturated rings. The van der Waals surface area contributed by atoms with Crippen LogP contribution in [-0.2, 0) is 6.54 Å². The summed E-state index contributed by atoms with van der Waals surface area (Å²) in [5.74, 6) is -0.104. The molecule has 0 saturated carbocycles. The van der Waals surface area contributed by atoms with E-state index in [0.717, 1.165) is 11.1 Å². The van der Waals surface area contributed by atoms with Gasteiger partial charge in [-0.1, -0.05) is 35.3 Å². The Kier molecular flexibility index (Phi) is 4.76. The number of nitrogens with two attached hydrogens (primary N) is 1. The van der Waals surface area contributed by atoms with Gasteiger partial charge in [0.05, 0.1) is 0 Å². The topological polar surface area (TPSA) is 46.3 Å². The Labute approximate surface area is 134 Å². The minimum Gasteiger partial charge on any atom is -0.398 e. The number of halogens is 2. The maximum atomic E-state index is 12.4. The number of carbonyl (C=O) groups is 1. The molecule has 3 nitrogen and oxygen atoms in total. The zero-order valence-corrected chi connectivity index (χ0v) is 13.4. The molecule has 0 bridgehead atoms. The molecule has 110 valence electrons. The molecule has 2 rings (SSSR count). The van der Waals surface area contributed by atoms with E-state index in [-0.39, 0.29) is 5.91 Å². The first kappa shape index (κ1) is 15.7. The summed E-state index contributed by atoms with van der Waals surface area (Å²) in [6.45, 7) is 2.31. The van der Waals surface area contributed by atoms with Gasteiger partial charge in [-0.3, -0.25) is 4.79 Å². The van der Waals surface area contributed by atoms with Gasteiger partial charge in [0.15, 0.2) is 0 Å². The third-order valence-corrected chi connectivity index (χ3v) is 3.88. The molecule has 0 aliphatic rings. The molecule has 1 amide bonds. The van der Waals surface area contributed by atoms with Crippen LogP contribution in [0.2, 0.25) is 10.0 Å². The highest BCUT2D eigenvalue weighted by Crippen LogP contribution is 2.23. The summed E-state index contributed by atoms with van der Waals surface area (Å²) in [6, 6.07) is 10.5. The van der Waals surface area contributed by atoms with E-state index < -0.39 is 0 Å². The van der Waals surface area contributed by atoms with Crippen LogP contribution in [0.25, 0.3) is 0 Å². The van der Waals surface area contributed by atoms with Crippen LogP contribution in [0.3, 0.4) is 0 Å². The number of hydrogen-bond acceptors (Lipinski definition) is 2. The van der Waals surface area contributed by atoms with Crippen molar-refractivity contribution in [1.29, 1.82) is 0 Å². The van der Waals surface area contributed by atoms with Crippen LogP contribution >= 0.6 is 23.2 Å². The number of nitrogens with zero attached hydrogens (tertiary/aromatic N) is 1. The smallest absolute Gasteiger partial charge is 0.253 e. The summed E-state index contributed by atoms with van der Waals surface area (Å²) >= 11 is 12.0. The van der Waals surface area contributed by atoms with E-state index in [1.807, 2.05) is 19.1 Å². The van der Waals surface area contributed by atoms with E-state index >= 15 is 0 Å².